The van der Waals surface area contributed by atoms with Gasteiger partial charge in [-0.1, -0.05) is 51.7 Å². The first kappa shape index (κ1) is 23.2. The largest absolute Gasteiger partial charge is 0.512 e. The lowest BCUT2D eigenvalue weighted by Crippen LogP contribution is -2.51. The molecule has 0 radical (unpaired) electrons. The fraction of sp³-hybridized carbons (Fsp3) is 0.480. The average molecular weight is 472 g/mol. The summed E-state index contributed by atoms with van der Waals surface area (Å²) in [5.74, 6) is 2.07. The summed E-state index contributed by atoms with van der Waals surface area (Å²) in [7, 11) is 0. The predicted octanol–water partition coefficient (Wildman–Crippen LogP) is 6.46. The molecule has 1 aromatic heterocycles. The first-order valence-electron chi connectivity index (χ1n) is 11.2. The zero-order chi connectivity index (χ0) is 23.0. The van der Waals surface area contributed by atoms with E-state index in [1.54, 1.807) is 11.3 Å². The molecule has 2 aliphatic rings. The van der Waals surface area contributed by atoms with Crippen LogP contribution in [0.15, 0.2) is 45.8 Å². The van der Waals surface area contributed by atoms with Gasteiger partial charge in [0.05, 0.1) is 15.5 Å². The van der Waals surface area contributed by atoms with E-state index < -0.39 is 0 Å². The summed E-state index contributed by atoms with van der Waals surface area (Å²) in [5.41, 5.74) is 2.83. The smallest absolute Gasteiger partial charge is 0.193 e. The molecule has 0 saturated carbocycles. The molecule has 2 aliphatic heterocycles. The summed E-state index contributed by atoms with van der Waals surface area (Å²) in [6, 6.07) is 8.46. The summed E-state index contributed by atoms with van der Waals surface area (Å²) in [6.07, 6.45) is 0. The van der Waals surface area contributed by atoms with E-state index in [1.165, 1.54) is 9.77 Å². The van der Waals surface area contributed by atoms with E-state index in [0.29, 0.717) is 5.25 Å². The van der Waals surface area contributed by atoms with Gasteiger partial charge in [0.2, 0.25) is 0 Å². The molecule has 1 aromatic carbocycles. The van der Waals surface area contributed by atoms with Gasteiger partial charge in [0.15, 0.2) is 10.8 Å². The van der Waals surface area contributed by atoms with Gasteiger partial charge in [0, 0.05) is 43.4 Å². The van der Waals surface area contributed by atoms with Crippen molar-refractivity contribution in [1.29, 1.82) is 0 Å². The molecule has 0 spiro atoms. The number of aliphatic hydroxyl groups excluding tert-OH is 1. The molecule has 0 atom stereocenters. The standard InChI is InChI=1S/C25H33N3O2S2/c1-16(2)31-22-14-19-23(26-20-8-7-17(3)13-21(20)30-24(19)32-22)28-11-9-27(10-12-28)15-25(5,6)18(4)29/h7-8,13-14,16,29H,4,9-12,15H2,1-3,5-6H3. The van der Waals surface area contributed by atoms with Crippen molar-refractivity contribution in [2.75, 3.05) is 32.7 Å². The van der Waals surface area contributed by atoms with E-state index >= 15 is 0 Å². The molecule has 172 valence electrons. The predicted molar refractivity (Wildman–Crippen MR) is 136 cm³/mol. The zero-order valence-electron chi connectivity index (χ0n) is 19.6. The summed E-state index contributed by atoms with van der Waals surface area (Å²) in [6.45, 7) is 18.8. The number of aliphatic hydroxyl groups is 1. The van der Waals surface area contributed by atoms with E-state index in [1.807, 2.05) is 25.6 Å². The van der Waals surface area contributed by atoms with Crippen LogP contribution < -0.4 is 4.74 Å². The fourth-order valence-corrected chi connectivity index (χ4v) is 6.35. The average Bonchev–Trinajstić information content (AvgIpc) is 3.02. The number of nitrogens with zero attached hydrogens (tertiary/aromatic N) is 3. The maximum Gasteiger partial charge on any atom is 0.193 e. The third kappa shape index (κ3) is 5.00. The number of rotatable bonds is 5. The van der Waals surface area contributed by atoms with Gasteiger partial charge in [0.1, 0.15) is 11.5 Å². The molecule has 32 heavy (non-hydrogen) atoms. The summed E-state index contributed by atoms with van der Waals surface area (Å²) in [4.78, 5) is 9.89. The lowest BCUT2D eigenvalue weighted by molar-refractivity contribution is 0.121. The lowest BCUT2D eigenvalue weighted by Gasteiger charge is -2.39. The summed E-state index contributed by atoms with van der Waals surface area (Å²) in [5, 5.41) is 11.4. The number of thiophene rings is 1. The second-order valence-corrected chi connectivity index (χ2v) is 12.4. The van der Waals surface area contributed by atoms with Crippen molar-refractivity contribution in [3.8, 4) is 10.8 Å². The number of thioether (sulfide) groups is 1. The van der Waals surface area contributed by atoms with Crippen LogP contribution in [0.3, 0.4) is 0 Å². The number of benzene rings is 1. The van der Waals surface area contributed by atoms with Crippen molar-refractivity contribution >= 4 is 34.6 Å². The molecule has 3 heterocycles. The van der Waals surface area contributed by atoms with Gasteiger partial charge in [-0.2, -0.15) is 0 Å². The van der Waals surface area contributed by atoms with Crippen molar-refractivity contribution in [3.63, 3.8) is 0 Å². The Morgan fingerprint density at radius 1 is 1.25 bits per heavy atom. The number of ether oxygens (including phenoxy) is 1. The van der Waals surface area contributed by atoms with Gasteiger partial charge in [-0.3, -0.25) is 4.90 Å². The van der Waals surface area contributed by atoms with Crippen molar-refractivity contribution in [1.82, 2.24) is 9.80 Å². The molecular formula is C25H33N3O2S2. The highest BCUT2D eigenvalue weighted by Crippen LogP contribution is 2.46. The number of aliphatic imine (C=N–C) groups is 1. The topological polar surface area (TPSA) is 48.3 Å². The molecule has 1 fully saturated rings. The van der Waals surface area contributed by atoms with Crippen LogP contribution >= 0.6 is 23.1 Å². The molecule has 1 saturated heterocycles. The van der Waals surface area contributed by atoms with Crippen LogP contribution in [0.5, 0.6) is 10.8 Å². The van der Waals surface area contributed by atoms with Crippen molar-refractivity contribution in [2.24, 2.45) is 10.4 Å². The fourth-order valence-electron chi connectivity index (χ4n) is 3.95. The van der Waals surface area contributed by atoms with E-state index in [2.05, 4.69) is 61.4 Å². The van der Waals surface area contributed by atoms with Gasteiger partial charge in [-0.25, -0.2) is 4.99 Å². The Morgan fingerprint density at radius 3 is 2.62 bits per heavy atom. The zero-order valence-corrected chi connectivity index (χ0v) is 21.3. The van der Waals surface area contributed by atoms with E-state index in [9.17, 15) is 5.11 Å². The van der Waals surface area contributed by atoms with E-state index in [-0.39, 0.29) is 11.2 Å². The van der Waals surface area contributed by atoms with E-state index in [4.69, 9.17) is 9.73 Å². The highest BCUT2D eigenvalue weighted by molar-refractivity contribution is 8.01. The highest BCUT2D eigenvalue weighted by Gasteiger charge is 2.31. The number of fused-ring (bicyclic) bond motifs is 2. The molecule has 2 aromatic rings. The van der Waals surface area contributed by atoms with Crippen molar-refractivity contribution < 1.29 is 9.84 Å². The number of aryl methyl sites for hydroxylation is 1. The molecule has 0 amide bonds. The van der Waals surface area contributed by atoms with Gasteiger partial charge in [0.25, 0.3) is 0 Å². The third-order valence-electron chi connectivity index (χ3n) is 5.88. The minimum absolute atomic E-state index is 0.246. The first-order chi connectivity index (χ1) is 15.1. The van der Waals surface area contributed by atoms with Crippen LogP contribution in [-0.4, -0.2) is 58.7 Å². The molecule has 5 nitrogen and oxygen atoms in total. The second kappa shape index (κ2) is 9.12. The Bertz CT molecular complexity index is 1030. The van der Waals surface area contributed by atoms with Gasteiger partial charge >= 0.3 is 0 Å². The maximum absolute atomic E-state index is 9.92. The minimum atomic E-state index is -0.309. The molecule has 0 aliphatic carbocycles. The Morgan fingerprint density at radius 2 is 1.97 bits per heavy atom. The Kier molecular flexibility index (Phi) is 6.61. The molecular weight excluding hydrogens is 438 g/mol. The number of hydrogen-bond donors (Lipinski definition) is 1. The second-order valence-electron chi connectivity index (χ2n) is 9.54. The maximum atomic E-state index is 9.92. The number of piperazine rings is 1. The van der Waals surface area contributed by atoms with Crippen LogP contribution in [0.25, 0.3) is 0 Å². The van der Waals surface area contributed by atoms with Crippen LogP contribution in [-0.2, 0) is 0 Å². The first-order valence-corrected chi connectivity index (χ1v) is 12.9. The Labute approximate surface area is 199 Å². The van der Waals surface area contributed by atoms with Crippen LogP contribution in [0.4, 0.5) is 5.69 Å². The van der Waals surface area contributed by atoms with Gasteiger partial charge < -0.3 is 14.7 Å². The molecule has 7 heteroatoms. The summed E-state index contributed by atoms with van der Waals surface area (Å²) < 4.78 is 7.66. The third-order valence-corrected chi connectivity index (χ3v) is 8.05. The van der Waals surface area contributed by atoms with E-state index in [0.717, 1.165) is 60.6 Å². The normalized spacial score (nSPS) is 16.8. The Hall–Kier alpha value is -1.96. The highest BCUT2D eigenvalue weighted by atomic mass is 32.2. The molecule has 0 bridgehead atoms. The van der Waals surface area contributed by atoms with Crippen molar-refractivity contribution in [3.05, 3.63) is 47.7 Å². The monoisotopic (exact) mass is 471 g/mol. The molecule has 1 N–H and O–H groups in total. The van der Waals surface area contributed by atoms with Crippen LogP contribution in [0, 0.1) is 12.3 Å². The summed E-state index contributed by atoms with van der Waals surface area (Å²) >= 11 is 3.58. The number of amidine groups is 1. The molecule has 0 unspecified atom stereocenters. The minimum Gasteiger partial charge on any atom is -0.512 e. The SMILES string of the molecule is C=C(O)C(C)(C)CN1CCN(C2=Nc3ccc(C)cc3Oc3sc(SC(C)C)cc32)CC1. The van der Waals surface area contributed by atoms with Crippen LogP contribution in [0.1, 0.15) is 38.8 Å². The van der Waals surface area contributed by atoms with Crippen molar-refractivity contribution in [2.45, 2.75) is 44.1 Å². The lowest BCUT2D eigenvalue weighted by atomic mass is 9.90. The van der Waals surface area contributed by atoms with Gasteiger partial charge in [-0.05, 0) is 30.7 Å². The van der Waals surface area contributed by atoms with Crippen LogP contribution in [0.2, 0.25) is 0 Å². The molecule has 4 rings (SSSR count). The Balaban J connectivity index is 1.61. The quantitative estimate of drug-likeness (QED) is 0.401. The van der Waals surface area contributed by atoms with Gasteiger partial charge in [-0.15, -0.1) is 11.8 Å². The number of hydrogen-bond acceptors (Lipinski definition) is 7.